The molecule has 0 saturated heterocycles. The summed E-state index contributed by atoms with van der Waals surface area (Å²) in [5.74, 6) is -0.644. The van der Waals surface area contributed by atoms with Crippen molar-refractivity contribution in [3.63, 3.8) is 0 Å². The molecule has 0 radical (unpaired) electrons. The van der Waals surface area contributed by atoms with Crippen LogP contribution in [0.3, 0.4) is 0 Å². The predicted molar refractivity (Wildman–Crippen MR) is 102 cm³/mol. The quantitative estimate of drug-likeness (QED) is 0.461. The van der Waals surface area contributed by atoms with Gasteiger partial charge in [-0.3, -0.25) is 4.79 Å². The molecule has 0 N–H and O–H groups in total. The van der Waals surface area contributed by atoms with Crippen LogP contribution >= 0.6 is 0 Å². The Labute approximate surface area is 166 Å². The summed E-state index contributed by atoms with van der Waals surface area (Å²) >= 11 is 0. The second-order valence-corrected chi connectivity index (χ2v) is 6.03. The van der Waals surface area contributed by atoms with E-state index < -0.39 is 11.9 Å². The first-order chi connectivity index (χ1) is 14.0. The Balaban J connectivity index is 1.60. The number of carbonyl (C=O) groups is 3. The molecule has 0 spiro atoms. The maximum absolute atomic E-state index is 12.2. The average Bonchev–Trinajstić information content (AvgIpc) is 3.21. The number of ether oxygens (including phenoxy) is 3. The molecule has 3 rings (SSSR count). The highest BCUT2D eigenvalue weighted by atomic mass is 16.6. The van der Waals surface area contributed by atoms with Crippen LogP contribution in [0, 0.1) is 0 Å². The topological polar surface area (TPSA) is 92.0 Å². The fourth-order valence-corrected chi connectivity index (χ4v) is 2.57. The first-order valence-electron chi connectivity index (χ1n) is 8.69. The highest BCUT2D eigenvalue weighted by Crippen LogP contribution is 2.23. The van der Waals surface area contributed by atoms with Crippen LogP contribution in [-0.2, 0) is 20.9 Å². The summed E-state index contributed by atoms with van der Waals surface area (Å²) in [5, 5.41) is 0. The molecule has 0 atom stereocenters. The third kappa shape index (κ3) is 5.10. The van der Waals surface area contributed by atoms with Gasteiger partial charge in [0.05, 0.1) is 12.7 Å². The lowest BCUT2D eigenvalue weighted by atomic mass is 10.0. The summed E-state index contributed by atoms with van der Waals surface area (Å²) in [4.78, 5) is 34.5. The van der Waals surface area contributed by atoms with Crippen molar-refractivity contribution in [2.45, 2.75) is 13.5 Å². The molecule has 0 aliphatic heterocycles. The van der Waals surface area contributed by atoms with E-state index in [0.717, 1.165) is 11.1 Å². The molecule has 0 bridgehead atoms. The fourth-order valence-electron chi connectivity index (χ4n) is 2.57. The third-order valence-corrected chi connectivity index (χ3v) is 3.96. The second kappa shape index (κ2) is 8.88. The van der Waals surface area contributed by atoms with E-state index in [0.29, 0.717) is 17.1 Å². The molecule has 0 saturated carbocycles. The van der Waals surface area contributed by atoms with Crippen molar-refractivity contribution in [1.29, 1.82) is 0 Å². The Morgan fingerprint density at radius 2 is 1.45 bits per heavy atom. The van der Waals surface area contributed by atoms with E-state index in [4.69, 9.17) is 13.9 Å². The summed E-state index contributed by atoms with van der Waals surface area (Å²) < 4.78 is 20.0. The van der Waals surface area contributed by atoms with E-state index in [9.17, 15) is 14.4 Å². The standard InChI is InChI=1S/C22H18O7/c1-14(23)28-18-9-7-16(8-10-18)15-3-5-17(6-4-15)21(24)27-13-19-11-12-20(29-19)22(25)26-2/h3-12H,13H2,1-2H3. The molecule has 0 amide bonds. The molecular weight excluding hydrogens is 376 g/mol. The normalized spacial score (nSPS) is 10.3. The molecule has 3 aromatic rings. The average molecular weight is 394 g/mol. The molecule has 1 aromatic heterocycles. The number of rotatable bonds is 6. The number of hydrogen-bond acceptors (Lipinski definition) is 7. The van der Waals surface area contributed by atoms with Crippen molar-refractivity contribution in [3.05, 3.63) is 77.7 Å². The molecule has 0 aliphatic rings. The highest BCUT2D eigenvalue weighted by molar-refractivity contribution is 5.90. The van der Waals surface area contributed by atoms with Crippen LogP contribution in [0.25, 0.3) is 11.1 Å². The largest absolute Gasteiger partial charge is 0.463 e. The van der Waals surface area contributed by atoms with Gasteiger partial charge in [0.15, 0.2) is 0 Å². The molecule has 148 valence electrons. The minimum absolute atomic E-state index is 0.0441. The number of furan rings is 1. The van der Waals surface area contributed by atoms with Crippen molar-refractivity contribution in [2.24, 2.45) is 0 Å². The summed E-state index contributed by atoms with van der Waals surface area (Å²) in [7, 11) is 1.25. The Kier molecular flexibility index (Phi) is 6.09. The van der Waals surface area contributed by atoms with Gasteiger partial charge in [0.1, 0.15) is 18.1 Å². The lowest BCUT2D eigenvalue weighted by molar-refractivity contribution is -0.131. The smallest absolute Gasteiger partial charge is 0.373 e. The van der Waals surface area contributed by atoms with Crippen molar-refractivity contribution in [2.75, 3.05) is 7.11 Å². The van der Waals surface area contributed by atoms with Gasteiger partial charge < -0.3 is 18.6 Å². The molecule has 2 aromatic carbocycles. The lowest BCUT2D eigenvalue weighted by Crippen LogP contribution is -2.05. The first kappa shape index (κ1) is 19.9. The molecule has 1 heterocycles. The van der Waals surface area contributed by atoms with Crippen LogP contribution in [0.4, 0.5) is 0 Å². The van der Waals surface area contributed by atoms with Crippen LogP contribution in [0.5, 0.6) is 5.75 Å². The van der Waals surface area contributed by atoms with E-state index in [1.807, 2.05) is 12.1 Å². The van der Waals surface area contributed by atoms with Crippen molar-refractivity contribution in [1.82, 2.24) is 0 Å². The molecule has 0 unspecified atom stereocenters. The van der Waals surface area contributed by atoms with Crippen LogP contribution in [0.1, 0.15) is 33.6 Å². The third-order valence-electron chi connectivity index (χ3n) is 3.96. The highest BCUT2D eigenvalue weighted by Gasteiger charge is 2.13. The number of hydrogen-bond donors (Lipinski definition) is 0. The van der Waals surface area contributed by atoms with E-state index in [1.54, 1.807) is 42.5 Å². The van der Waals surface area contributed by atoms with Crippen LogP contribution in [0.2, 0.25) is 0 Å². The fraction of sp³-hybridized carbons (Fsp3) is 0.136. The van der Waals surface area contributed by atoms with Crippen molar-refractivity contribution < 1.29 is 33.0 Å². The molecule has 0 aliphatic carbocycles. The number of benzene rings is 2. The van der Waals surface area contributed by atoms with Gasteiger partial charge in [-0.1, -0.05) is 24.3 Å². The van der Waals surface area contributed by atoms with Gasteiger partial charge in [0, 0.05) is 6.92 Å². The first-order valence-corrected chi connectivity index (χ1v) is 8.69. The van der Waals surface area contributed by atoms with E-state index in [-0.39, 0.29) is 18.3 Å². The molecule has 7 heteroatoms. The van der Waals surface area contributed by atoms with Gasteiger partial charge >= 0.3 is 17.9 Å². The molecule has 29 heavy (non-hydrogen) atoms. The SMILES string of the molecule is COC(=O)c1ccc(COC(=O)c2ccc(-c3ccc(OC(C)=O)cc3)cc2)o1. The number of carbonyl (C=O) groups excluding carboxylic acids is 3. The number of methoxy groups -OCH3 is 1. The van der Waals surface area contributed by atoms with Crippen LogP contribution in [0.15, 0.2) is 65.1 Å². The maximum Gasteiger partial charge on any atom is 0.373 e. The van der Waals surface area contributed by atoms with Crippen molar-refractivity contribution >= 4 is 17.9 Å². The van der Waals surface area contributed by atoms with Gasteiger partial charge in [-0.05, 0) is 47.5 Å². The maximum atomic E-state index is 12.2. The zero-order valence-corrected chi connectivity index (χ0v) is 15.8. The van der Waals surface area contributed by atoms with Crippen LogP contribution < -0.4 is 4.74 Å². The van der Waals surface area contributed by atoms with E-state index in [1.165, 1.54) is 20.1 Å². The van der Waals surface area contributed by atoms with Gasteiger partial charge in [-0.25, -0.2) is 9.59 Å². The van der Waals surface area contributed by atoms with Gasteiger partial charge in [-0.2, -0.15) is 0 Å². The zero-order valence-electron chi connectivity index (χ0n) is 15.8. The summed E-state index contributed by atoms with van der Waals surface area (Å²) in [6, 6.07) is 16.9. The Bertz CT molecular complexity index is 1010. The Hall–Kier alpha value is -3.87. The summed E-state index contributed by atoms with van der Waals surface area (Å²) in [5.41, 5.74) is 2.18. The second-order valence-electron chi connectivity index (χ2n) is 6.03. The number of esters is 3. The molecule has 7 nitrogen and oxygen atoms in total. The summed E-state index contributed by atoms with van der Waals surface area (Å²) in [6.45, 7) is 1.24. The Morgan fingerprint density at radius 3 is 2.03 bits per heavy atom. The Morgan fingerprint density at radius 1 is 0.828 bits per heavy atom. The van der Waals surface area contributed by atoms with Gasteiger partial charge in [-0.15, -0.1) is 0 Å². The van der Waals surface area contributed by atoms with E-state index >= 15 is 0 Å². The monoisotopic (exact) mass is 394 g/mol. The van der Waals surface area contributed by atoms with Crippen molar-refractivity contribution in [3.8, 4) is 16.9 Å². The van der Waals surface area contributed by atoms with Gasteiger partial charge in [0.2, 0.25) is 5.76 Å². The van der Waals surface area contributed by atoms with E-state index in [2.05, 4.69) is 4.74 Å². The van der Waals surface area contributed by atoms with Crippen LogP contribution in [-0.4, -0.2) is 25.0 Å². The zero-order chi connectivity index (χ0) is 20.8. The predicted octanol–water partition coefficient (Wildman–Crippen LogP) is 4.02. The molecular formula is C22H18O7. The lowest BCUT2D eigenvalue weighted by Gasteiger charge is -2.06. The molecule has 0 fully saturated rings. The summed E-state index contributed by atoms with van der Waals surface area (Å²) in [6.07, 6.45) is 0. The minimum atomic E-state index is -0.598. The minimum Gasteiger partial charge on any atom is -0.463 e. The van der Waals surface area contributed by atoms with Gasteiger partial charge in [0.25, 0.3) is 0 Å².